The predicted molar refractivity (Wildman–Crippen MR) is 124 cm³/mol. The number of benzene rings is 1. The minimum atomic E-state index is -3.42. The van der Waals surface area contributed by atoms with Crippen LogP contribution in [0.5, 0.6) is 0 Å². The Labute approximate surface area is 196 Å². The topological polar surface area (TPSA) is 77.8 Å². The van der Waals surface area contributed by atoms with Crippen LogP contribution in [0, 0.1) is 5.92 Å². The summed E-state index contributed by atoms with van der Waals surface area (Å²) >= 11 is 1.15. The van der Waals surface area contributed by atoms with Crippen LogP contribution in [0.1, 0.15) is 46.3 Å². The first-order valence-electron chi connectivity index (χ1n) is 11.1. The standard InChI is InChI=1S/C25H29F2NO4S/c1-17(9-10-18-6-3-2-4-7-18)21(29)13-11-19-16-25(26,27)24(32)28(19)15-5-8-20-12-14-22(33-20)23(30)31/h2-4,6-7,11-14,17,19,21,29H,5,8-10,15-16H2,1H3,(H,30,31)/b13-11+. The molecule has 0 spiro atoms. The van der Waals surface area contributed by atoms with Gasteiger partial charge >= 0.3 is 11.9 Å². The highest BCUT2D eigenvalue weighted by Gasteiger charge is 2.52. The summed E-state index contributed by atoms with van der Waals surface area (Å²) in [4.78, 5) is 25.4. The second-order valence-electron chi connectivity index (χ2n) is 8.53. The summed E-state index contributed by atoms with van der Waals surface area (Å²) in [5.74, 6) is -5.67. The van der Waals surface area contributed by atoms with Crippen LogP contribution in [0.25, 0.3) is 0 Å². The van der Waals surface area contributed by atoms with Gasteiger partial charge in [0.2, 0.25) is 0 Å². The minimum absolute atomic E-state index is 0.0604. The Balaban J connectivity index is 1.55. The maximum atomic E-state index is 14.1. The maximum Gasteiger partial charge on any atom is 0.345 e. The van der Waals surface area contributed by atoms with Crippen molar-refractivity contribution in [3.8, 4) is 0 Å². The number of hydrogen-bond acceptors (Lipinski definition) is 4. The van der Waals surface area contributed by atoms with Crippen molar-refractivity contribution in [1.29, 1.82) is 0 Å². The fraction of sp³-hybridized carbons (Fsp3) is 0.440. The van der Waals surface area contributed by atoms with Crippen molar-refractivity contribution in [2.75, 3.05) is 6.54 Å². The van der Waals surface area contributed by atoms with Crippen LogP contribution >= 0.6 is 11.3 Å². The number of aromatic carboxylic acids is 1. The monoisotopic (exact) mass is 477 g/mol. The molecule has 2 aromatic rings. The molecule has 3 rings (SSSR count). The highest BCUT2D eigenvalue weighted by atomic mass is 32.1. The summed E-state index contributed by atoms with van der Waals surface area (Å²) in [5, 5.41) is 19.5. The summed E-state index contributed by atoms with van der Waals surface area (Å²) in [5.41, 5.74) is 1.17. The van der Waals surface area contributed by atoms with Crippen LogP contribution < -0.4 is 0 Å². The molecule has 1 aliphatic heterocycles. The van der Waals surface area contributed by atoms with Gasteiger partial charge < -0.3 is 15.1 Å². The Morgan fingerprint density at radius 3 is 2.64 bits per heavy atom. The first-order valence-corrected chi connectivity index (χ1v) is 11.9. The van der Waals surface area contributed by atoms with Crippen molar-refractivity contribution in [2.24, 2.45) is 5.92 Å². The summed E-state index contributed by atoms with van der Waals surface area (Å²) in [6.45, 7) is 2.06. The molecule has 1 amide bonds. The fourth-order valence-corrected chi connectivity index (χ4v) is 4.84. The molecule has 1 aromatic heterocycles. The summed E-state index contributed by atoms with van der Waals surface area (Å²) < 4.78 is 28.2. The lowest BCUT2D eigenvalue weighted by atomic mass is 9.95. The number of aliphatic hydroxyl groups excluding tert-OH is 1. The number of carbonyl (C=O) groups is 2. The van der Waals surface area contributed by atoms with Gasteiger partial charge in [0.05, 0.1) is 12.1 Å². The zero-order chi connectivity index (χ0) is 24.0. The van der Waals surface area contributed by atoms with Gasteiger partial charge in [0, 0.05) is 17.8 Å². The van der Waals surface area contributed by atoms with Crippen molar-refractivity contribution in [3.05, 3.63) is 69.9 Å². The first kappa shape index (κ1) is 25.1. The normalized spacial score (nSPS) is 19.8. The van der Waals surface area contributed by atoms with Gasteiger partial charge in [-0.1, -0.05) is 49.4 Å². The van der Waals surface area contributed by atoms with Crippen LogP contribution in [-0.2, 0) is 17.6 Å². The fourth-order valence-electron chi connectivity index (χ4n) is 3.95. The average Bonchev–Trinajstić information content (AvgIpc) is 3.35. The lowest BCUT2D eigenvalue weighted by Crippen LogP contribution is -2.36. The van der Waals surface area contributed by atoms with Crippen LogP contribution in [0.15, 0.2) is 54.6 Å². The number of carboxylic acid groups (broad SMARTS) is 1. The molecule has 1 fully saturated rings. The number of alkyl halides is 2. The summed E-state index contributed by atoms with van der Waals surface area (Å²) in [6, 6.07) is 12.4. The maximum absolute atomic E-state index is 14.1. The van der Waals surface area contributed by atoms with Crippen LogP contribution in [0.3, 0.4) is 0 Å². The van der Waals surface area contributed by atoms with Crippen LogP contribution in [-0.4, -0.2) is 51.6 Å². The lowest BCUT2D eigenvalue weighted by molar-refractivity contribution is -0.148. The van der Waals surface area contributed by atoms with E-state index in [1.807, 2.05) is 37.3 Å². The van der Waals surface area contributed by atoms with Crippen molar-refractivity contribution < 1.29 is 28.6 Å². The molecule has 3 unspecified atom stereocenters. The Bertz CT molecular complexity index is 976. The van der Waals surface area contributed by atoms with Crippen molar-refractivity contribution >= 4 is 23.2 Å². The Morgan fingerprint density at radius 1 is 1.24 bits per heavy atom. The second-order valence-corrected chi connectivity index (χ2v) is 9.69. The molecule has 1 aliphatic rings. The van der Waals surface area contributed by atoms with Gasteiger partial charge in [-0.05, 0) is 49.3 Å². The lowest BCUT2D eigenvalue weighted by Gasteiger charge is -2.22. The Kier molecular flexibility index (Phi) is 8.37. The van der Waals surface area contributed by atoms with Gasteiger partial charge in [-0.15, -0.1) is 11.3 Å². The molecular weight excluding hydrogens is 448 g/mol. The molecule has 8 heteroatoms. The molecule has 0 saturated carbocycles. The number of thiophene rings is 1. The minimum Gasteiger partial charge on any atom is -0.477 e. The van der Waals surface area contributed by atoms with Gasteiger partial charge in [-0.3, -0.25) is 4.79 Å². The van der Waals surface area contributed by atoms with E-state index in [-0.39, 0.29) is 17.3 Å². The zero-order valence-corrected chi connectivity index (χ0v) is 19.3. The van der Waals surface area contributed by atoms with Gasteiger partial charge in [-0.25, -0.2) is 4.79 Å². The Morgan fingerprint density at radius 2 is 1.97 bits per heavy atom. The van der Waals surface area contributed by atoms with E-state index in [9.17, 15) is 23.5 Å². The number of carbonyl (C=O) groups excluding carboxylic acids is 1. The highest BCUT2D eigenvalue weighted by molar-refractivity contribution is 7.13. The van der Waals surface area contributed by atoms with E-state index in [2.05, 4.69) is 0 Å². The number of nitrogens with zero attached hydrogens (tertiary/aromatic N) is 1. The van der Waals surface area contributed by atoms with E-state index < -0.39 is 36.4 Å². The third kappa shape index (κ3) is 6.71. The number of halogens is 2. The molecule has 2 N–H and O–H groups in total. The van der Waals surface area contributed by atoms with Crippen molar-refractivity contribution in [2.45, 2.75) is 57.1 Å². The molecule has 178 valence electrons. The van der Waals surface area contributed by atoms with E-state index in [1.165, 1.54) is 28.7 Å². The van der Waals surface area contributed by atoms with E-state index in [0.29, 0.717) is 12.8 Å². The van der Waals surface area contributed by atoms with Gasteiger partial charge in [0.25, 0.3) is 5.91 Å². The smallest absolute Gasteiger partial charge is 0.345 e. The van der Waals surface area contributed by atoms with Gasteiger partial charge in [0.15, 0.2) is 0 Å². The van der Waals surface area contributed by atoms with Crippen LogP contribution in [0.4, 0.5) is 8.78 Å². The van der Waals surface area contributed by atoms with E-state index in [4.69, 9.17) is 5.11 Å². The molecule has 5 nitrogen and oxygen atoms in total. The number of aryl methyl sites for hydroxylation is 2. The first-order chi connectivity index (χ1) is 15.7. The van der Waals surface area contributed by atoms with Gasteiger partial charge in [0.1, 0.15) is 4.88 Å². The Hall–Kier alpha value is -2.58. The van der Waals surface area contributed by atoms with Gasteiger partial charge in [-0.2, -0.15) is 8.78 Å². The molecule has 1 aromatic carbocycles. The van der Waals surface area contributed by atoms with E-state index >= 15 is 0 Å². The van der Waals surface area contributed by atoms with Crippen molar-refractivity contribution in [1.82, 2.24) is 4.90 Å². The zero-order valence-electron chi connectivity index (χ0n) is 18.5. The number of hydrogen-bond donors (Lipinski definition) is 2. The molecular formula is C25H29F2NO4S. The molecule has 2 heterocycles. The number of aliphatic hydroxyl groups is 1. The third-order valence-corrected chi connectivity index (χ3v) is 7.11. The number of likely N-dealkylation sites (tertiary alicyclic amines) is 1. The van der Waals surface area contributed by atoms with E-state index in [1.54, 1.807) is 6.07 Å². The van der Waals surface area contributed by atoms with Crippen molar-refractivity contribution in [3.63, 3.8) is 0 Å². The molecule has 1 saturated heterocycles. The molecule has 0 aliphatic carbocycles. The largest absolute Gasteiger partial charge is 0.477 e. The third-order valence-electron chi connectivity index (χ3n) is 5.98. The molecule has 3 atom stereocenters. The SMILES string of the molecule is CC(CCc1ccccc1)C(O)/C=C/C1CC(F)(F)C(=O)N1CCCc1ccc(C(=O)O)s1. The number of carboxylic acids is 1. The summed E-state index contributed by atoms with van der Waals surface area (Å²) in [7, 11) is 0. The van der Waals surface area contributed by atoms with Crippen LogP contribution in [0.2, 0.25) is 0 Å². The predicted octanol–water partition coefficient (Wildman–Crippen LogP) is 4.80. The van der Waals surface area contributed by atoms with E-state index in [0.717, 1.165) is 29.1 Å². The number of rotatable bonds is 11. The molecule has 0 bridgehead atoms. The quantitative estimate of drug-likeness (QED) is 0.456. The molecule has 0 radical (unpaired) electrons. The number of amides is 1. The second kappa shape index (κ2) is 11.0. The molecule has 33 heavy (non-hydrogen) atoms. The summed E-state index contributed by atoms with van der Waals surface area (Å²) in [6.07, 6.45) is 4.17. The highest BCUT2D eigenvalue weighted by Crippen LogP contribution is 2.34. The average molecular weight is 478 g/mol.